The second kappa shape index (κ2) is 12.0. The van der Waals surface area contributed by atoms with E-state index in [2.05, 4.69) is 22.3 Å². The van der Waals surface area contributed by atoms with Crippen molar-refractivity contribution in [2.45, 2.75) is 49.9 Å². The lowest BCUT2D eigenvalue weighted by Crippen LogP contribution is -2.65. The number of carbonyl (C=O) groups excluding carboxylic acids is 3. The maximum Gasteiger partial charge on any atom is 0.255 e. The molecule has 0 spiro atoms. The van der Waals surface area contributed by atoms with Gasteiger partial charge in [0.05, 0.1) is 17.3 Å². The maximum atomic E-state index is 14.2. The highest BCUT2D eigenvalue weighted by molar-refractivity contribution is 6.24. The van der Waals surface area contributed by atoms with Crippen LogP contribution in [0.25, 0.3) is 5.76 Å². The number of hydrogen-bond donors (Lipinski definition) is 6. The number of nitrogens with two attached hydrogens (primary N) is 1. The van der Waals surface area contributed by atoms with E-state index in [0.717, 1.165) is 38.2 Å². The number of likely N-dealkylation sites (tertiary alicyclic amines) is 1. The summed E-state index contributed by atoms with van der Waals surface area (Å²) in [6.07, 6.45) is 1.94. The molecule has 4 aliphatic rings. The molecule has 12 nitrogen and oxygen atoms in total. The first-order valence-electron chi connectivity index (χ1n) is 16.0. The molecule has 2 aromatic rings. The van der Waals surface area contributed by atoms with Crippen LogP contribution in [0.15, 0.2) is 53.3 Å². The van der Waals surface area contributed by atoms with Crippen molar-refractivity contribution in [3.63, 3.8) is 0 Å². The topological polar surface area (TPSA) is 180 Å². The summed E-state index contributed by atoms with van der Waals surface area (Å²) in [7, 11) is 6.87. The number of carbonyl (C=O) groups is 3. The van der Waals surface area contributed by atoms with Crippen molar-refractivity contribution in [2.75, 3.05) is 51.5 Å². The summed E-state index contributed by atoms with van der Waals surface area (Å²) >= 11 is 0. The van der Waals surface area contributed by atoms with E-state index in [4.69, 9.17) is 5.73 Å². The lowest BCUT2D eigenvalue weighted by atomic mass is 9.57. The van der Waals surface area contributed by atoms with Crippen LogP contribution in [-0.2, 0) is 27.3 Å². The van der Waals surface area contributed by atoms with Gasteiger partial charge < -0.3 is 36.4 Å². The minimum atomic E-state index is -2.67. The lowest BCUT2D eigenvalue weighted by molar-refractivity contribution is -0.153. The van der Waals surface area contributed by atoms with Gasteiger partial charge in [0, 0.05) is 56.9 Å². The quantitative estimate of drug-likeness (QED) is 0.192. The molecule has 0 bridgehead atoms. The number of likely N-dealkylation sites (N-methyl/N-ethyl adjacent to an activating group) is 1. The van der Waals surface area contributed by atoms with Gasteiger partial charge in [-0.05, 0) is 62.9 Å². The average molecular weight is 646 g/mol. The van der Waals surface area contributed by atoms with Gasteiger partial charge in [-0.1, -0.05) is 30.3 Å². The van der Waals surface area contributed by atoms with Crippen LogP contribution in [0.1, 0.15) is 36.0 Å². The van der Waals surface area contributed by atoms with Crippen LogP contribution in [0.3, 0.4) is 0 Å². The number of aliphatic hydroxyl groups excluding tert-OH is 2. The first-order valence-corrected chi connectivity index (χ1v) is 16.0. The second-order valence-corrected chi connectivity index (χ2v) is 13.7. The third-order valence-electron chi connectivity index (χ3n) is 10.4. The molecule has 4 atom stereocenters. The van der Waals surface area contributed by atoms with E-state index in [0.29, 0.717) is 11.3 Å². The molecule has 250 valence electrons. The molecule has 0 aromatic heterocycles. The molecule has 3 aliphatic carbocycles. The fourth-order valence-electron chi connectivity index (χ4n) is 8.10. The van der Waals surface area contributed by atoms with E-state index in [1.165, 1.54) is 10.5 Å². The van der Waals surface area contributed by atoms with Gasteiger partial charge >= 0.3 is 0 Å². The van der Waals surface area contributed by atoms with Crippen molar-refractivity contribution < 1.29 is 34.8 Å². The van der Waals surface area contributed by atoms with E-state index >= 15 is 0 Å². The summed E-state index contributed by atoms with van der Waals surface area (Å²) in [5.74, 6) is -6.62. The first-order chi connectivity index (χ1) is 22.2. The van der Waals surface area contributed by atoms with E-state index < -0.39 is 58.0 Å². The fourth-order valence-corrected chi connectivity index (χ4v) is 8.10. The maximum absolute atomic E-state index is 14.2. The number of rotatable bonds is 7. The van der Waals surface area contributed by atoms with Crippen LogP contribution in [0, 0.1) is 11.8 Å². The van der Waals surface area contributed by atoms with Crippen molar-refractivity contribution in [3.8, 4) is 5.75 Å². The lowest BCUT2D eigenvalue weighted by Gasteiger charge is -2.50. The number of ketones is 2. The summed E-state index contributed by atoms with van der Waals surface area (Å²) in [5, 5.41) is 49.9. The number of Topliss-reactive ketones (excluding diaryl/α,β-unsaturated/α-hetero) is 2. The van der Waals surface area contributed by atoms with E-state index in [9.17, 15) is 34.8 Å². The number of nitrogens with one attached hydrogen (secondary N) is 1. The highest BCUT2D eigenvalue weighted by atomic mass is 16.3. The molecule has 7 N–H and O–H groups in total. The average Bonchev–Trinajstić information content (AvgIpc) is 3.01. The highest BCUT2D eigenvalue weighted by Crippen LogP contribution is 2.54. The molecule has 47 heavy (non-hydrogen) atoms. The molecular weight excluding hydrogens is 602 g/mol. The number of nitrogens with zero attached hydrogens (tertiary/aromatic N) is 3. The number of benzene rings is 2. The molecule has 1 amide bonds. The summed E-state index contributed by atoms with van der Waals surface area (Å²) in [5.41, 5.74) is 4.88. The summed E-state index contributed by atoms with van der Waals surface area (Å²) in [6, 6.07) is 11.1. The minimum Gasteiger partial charge on any atom is -0.508 e. The molecule has 12 heteroatoms. The normalized spacial score (nSPS) is 26.6. The van der Waals surface area contributed by atoms with Crippen molar-refractivity contribution in [2.24, 2.45) is 17.6 Å². The van der Waals surface area contributed by atoms with Gasteiger partial charge in [0.25, 0.3) is 5.91 Å². The van der Waals surface area contributed by atoms with Crippen LogP contribution < -0.4 is 16.0 Å². The number of amides is 1. The molecular formula is C35H43N5O7. The fraction of sp³-hybridized carbons (Fsp3) is 0.457. The molecule has 6 rings (SSSR count). The summed E-state index contributed by atoms with van der Waals surface area (Å²) in [6.45, 7) is 2.59. The Morgan fingerprint density at radius 3 is 2.32 bits per heavy atom. The molecule has 1 aliphatic heterocycles. The Labute approximate surface area is 273 Å². The first kappa shape index (κ1) is 32.5. The Hall–Kier alpha value is -4.39. The molecule has 0 unspecified atom stereocenters. The zero-order valence-corrected chi connectivity index (χ0v) is 27.2. The Balaban J connectivity index is 1.36. The second-order valence-electron chi connectivity index (χ2n) is 13.7. The largest absolute Gasteiger partial charge is 0.508 e. The standard InChI is InChI=1S/C35H43N5O7/c1-38(2)24-16-23(37-20-10-12-40(13-11-20)17-18-8-6-5-7-9-18)29(41)26-21(24)14-19-15-22-28(39(3)4)31(43)27(34(36)46)33(45)35(22,47)32(44)25(19)30(26)42/h5-9,16,19-20,22,28,37,41-42,45,47H,10-15,17H2,1-4H3,(H2,36,46)/t19-,22-,28-,35-/m0/s1. The number of piperidine rings is 1. The molecule has 2 fully saturated rings. The van der Waals surface area contributed by atoms with E-state index in [1.807, 2.05) is 43.3 Å². The predicted molar refractivity (Wildman–Crippen MR) is 177 cm³/mol. The van der Waals surface area contributed by atoms with Crippen LogP contribution in [0.4, 0.5) is 11.4 Å². The zero-order chi connectivity index (χ0) is 33.9. The van der Waals surface area contributed by atoms with Gasteiger partial charge in [-0.3, -0.25) is 24.2 Å². The number of phenols is 1. The number of anilines is 2. The Morgan fingerprint density at radius 2 is 1.72 bits per heavy atom. The van der Waals surface area contributed by atoms with Crippen molar-refractivity contribution in [3.05, 3.63) is 70.0 Å². The van der Waals surface area contributed by atoms with Gasteiger partial charge in [0.1, 0.15) is 22.8 Å². The van der Waals surface area contributed by atoms with Gasteiger partial charge in [0.15, 0.2) is 11.4 Å². The van der Waals surface area contributed by atoms with Crippen molar-refractivity contribution >= 4 is 34.6 Å². The van der Waals surface area contributed by atoms with Crippen LogP contribution in [0.2, 0.25) is 0 Å². The van der Waals surface area contributed by atoms with Gasteiger partial charge in [-0.15, -0.1) is 0 Å². The predicted octanol–water partition coefficient (Wildman–Crippen LogP) is 2.11. The number of aromatic hydroxyl groups is 1. The van der Waals surface area contributed by atoms with Gasteiger partial charge in [-0.25, -0.2) is 0 Å². The van der Waals surface area contributed by atoms with E-state index in [-0.39, 0.29) is 35.8 Å². The number of hydrogen-bond acceptors (Lipinski definition) is 11. The highest BCUT2D eigenvalue weighted by Gasteiger charge is 2.64. The SMILES string of the molecule is CN(C)c1cc(NC2CCN(Cc3ccccc3)CC2)c(O)c2c1C[C@H]1C[C@H]3[C@H](N(C)C)C(=O)C(C(N)=O)=C(O)[C@@]3(O)C(=O)C1=C2O. The molecule has 1 saturated heterocycles. The van der Waals surface area contributed by atoms with Crippen molar-refractivity contribution in [1.82, 2.24) is 9.80 Å². The summed E-state index contributed by atoms with van der Waals surface area (Å²) in [4.78, 5) is 45.6. The van der Waals surface area contributed by atoms with E-state index in [1.54, 1.807) is 14.1 Å². The third kappa shape index (κ3) is 5.24. The molecule has 1 saturated carbocycles. The molecule has 1 heterocycles. The van der Waals surface area contributed by atoms with Crippen molar-refractivity contribution in [1.29, 1.82) is 0 Å². The number of fused-ring (bicyclic) bond motifs is 3. The smallest absolute Gasteiger partial charge is 0.255 e. The van der Waals surface area contributed by atoms with Crippen LogP contribution in [-0.4, -0.2) is 107 Å². The van der Waals surface area contributed by atoms with Gasteiger partial charge in [0.2, 0.25) is 5.78 Å². The third-order valence-corrected chi connectivity index (χ3v) is 10.4. The van der Waals surface area contributed by atoms with Gasteiger partial charge in [-0.2, -0.15) is 0 Å². The minimum absolute atomic E-state index is 0.0426. The number of phenolic OH excluding ortho intramolecular Hbond substituents is 1. The number of aliphatic hydroxyl groups is 3. The Kier molecular flexibility index (Phi) is 8.31. The molecule has 0 radical (unpaired) electrons. The van der Waals surface area contributed by atoms with Crippen LogP contribution >= 0.6 is 0 Å². The molecule has 2 aromatic carbocycles. The van der Waals surface area contributed by atoms with Crippen LogP contribution in [0.5, 0.6) is 5.75 Å². The summed E-state index contributed by atoms with van der Waals surface area (Å²) < 4.78 is 0. The Morgan fingerprint density at radius 1 is 1.06 bits per heavy atom. The number of primary amides is 1. The Bertz CT molecular complexity index is 1690. The monoisotopic (exact) mass is 645 g/mol. The zero-order valence-electron chi connectivity index (χ0n) is 27.2.